The fourth-order valence-corrected chi connectivity index (χ4v) is 1.95. The Morgan fingerprint density at radius 2 is 1.15 bits per heavy atom. The van der Waals surface area contributed by atoms with Gasteiger partial charge in [-0.15, -0.1) is 0 Å². The second-order valence-electron chi connectivity index (χ2n) is 4.29. The van der Waals surface area contributed by atoms with Crippen molar-refractivity contribution in [2.45, 2.75) is 12.4 Å². The number of rotatable bonds is 1. The lowest BCUT2D eigenvalue weighted by Gasteiger charge is -2.19. The van der Waals surface area contributed by atoms with E-state index in [2.05, 4.69) is 0 Å². The van der Waals surface area contributed by atoms with Crippen LogP contribution in [0, 0.1) is 10.8 Å². The van der Waals surface area contributed by atoms with Crippen LogP contribution in [0.4, 0.5) is 26.3 Å². The van der Waals surface area contributed by atoms with Crippen LogP contribution < -0.4 is 0 Å². The van der Waals surface area contributed by atoms with Crippen LogP contribution in [0.25, 0.3) is 11.1 Å². The molecular formula is C16H10F6N2O2. The molecule has 0 aliphatic carbocycles. The van der Waals surface area contributed by atoms with Crippen molar-refractivity contribution in [2.24, 2.45) is 0 Å². The van der Waals surface area contributed by atoms with Crippen LogP contribution in [0.3, 0.4) is 0 Å². The van der Waals surface area contributed by atoms with Gasteiger partial charge in [-0.05, 0) is 17.2 Å². The summed E-state index contributed by atoms with van der Waals surface area (Å²) < 4.78 is 77.4. The number of hydrogen-bond donors (Lipinski definition) is 2. The van der Waals surface area contributed by atoms with Gasteiger partial charge >= 0.3 is 12.4 Å². The van der Waals surface area contributed by atoms with E-state index in [0.717, 1.165) is 24.3 Å². The highest BCUT2D eigenvalue weighted by atomic mass is 19.4. The van der Waals surface area contributed by atoms with Gasteiger partial charge in [0.1, 0.15) is 0 Å². The topological polar surface area (TPSA) is 81.8 Å². The van der Waals surface area contributed by atoms with E-state index in [0.29, 0.717) is 6.07 Å². The summed E-state index contributed by atoms with van der Waals surface area (Å²) in [6.07, 6.45) is -8.65. The summed E-state index contributed by atoms with van der Waals surface area (Å²) >= 11 is 0. The van der Waals surface area contributed by atoms with Crippen molar-refractivity contribution >= 4 is 12.2 Å². The SMILES string of the molecule is FC(F)(F)c1cccc(-c2ccccc2)c1C(F)(F)F.N=C=O.N=C=O. The first-order valence-electron chi connectivity index (χ1n) is 6.45. The van der Waals surface area contributed by atoms with Gasteiger partial charge in [-0.2, -0.15) is 26.3 Å². The zero-order chi connectivity index (χ0) is 20.4. The van der Waals surface area contributed by atoms with Gasteiger partial charge in [0.05, 0.1) is 11.1 Å². The number of nitrogens with one attached hydrogen (secondary N) is 2. The van der Waals surface area contributed by atoms with Gasteiger partial charge in [0.2, 0.25) is 12.2 Å². The first-order chi connectivity index (χ1) is 12.0. The number of hydrogen-bond acceptors (Lipinski definition) is 4. The number of isocyanates is 2. The number of carbonyl (C=O) groups excluding carboxylic acids is 2. The van der Waals surface area contributed by atoms with E-state index in [4.69, 9.17) is 20.4 Å². The standard InChI is InChI=1S/C14H8F6.2CHNO/c15-13(16,17)11-8-4-7-10(12(11)14(18,19)20)9-5-2-1-3-6-9;2*2-1-3/h1-8H;2*2H. The molecule has 4 nitrogen and oxygen atoms in total. The molecule has 2 N–H and O–H groups in total. The molecular weight excluding hydrogens is 366 g/mol. The molecule has 26 heavy (non-hydrogen) atoms. The normalized spacial score (nSPS) is 10.2. The molecule has 2 aromatic carbocycles. The van der Waals surface area contributed by atoms with Gasteiger partial charge < -0.3 is 0 Å². The lowest BCUT2D eigenvalue weighted by Crippen LogP contribution is -2.17. The van der Waals surface area contributed by atoms with Crippen LogP contribution in [-0.4, -0.2) is 12.2 Å². The average Bonchev–Trinajstić information content (AvgIpc) is 2.55. The van der Waals surface area contributed by atoms with E-state index < -0.39 is 29.0 Å². The Hall–Kier alpha value is -3.22. The molecule has 0 bridgehead atoms. The van der Waals surface area contributed by atoms with Crippen LogP contribution in [0.15, 0.2) is 48.5 Å². The third kappa shape index (κ3) is 6.72. The summed E-state index contributed by atoms with van der Waals surface area (Å²) in [5.74, 6) is 0. The van der Waals surface area contributed by atoms with Crippen molar-refractivity contribution in [1.82, 2.24) is 0 Å². The van der Waals surface area contributed by atoms with Gasteiger partial charge in [-0.25, -0.2) is 20.4 Å². The van der Waals surface area contributed by atoms with Gasteiger partial charge in [0.15, 0.2) is 0 Å². The van der Waals surface area contributed by atoms with E-state index in [1.165, 1.54) is 24.3 Å². The summed E-state index contributed by atoms with van der Waals surface area (Å²) in [6, 6.07) is 9.63. The Labute approximate surface area is 143 Å². The van der Waals surface area contributed by atoms with Crippen LogP contribution in [0.5, 0.6) is 0 Å². The molecule has 2 aromatic rings. The molecule has 0 atom stereocenters. The van der Waals surface area contributed by atoms with E-state index in [1.54, 1.807) is 6.07 Å². The fourth-order valence-electron chi connectivity index (χ4n) is 1.95. The molecule has 10 heteroatoms. The maximum atomic E-state index is 13.0. The minimum atomic E-state index is -5.09. The summed E-state index contributed by atoms with van der Waals surface area (Å²) in [4.78, 5) is 16.7. The van der Waals surface area contributed by atoms with Gasteiger partial charge in [0.25, 0.3) is 0 Å². The minimum absolute atomic E-state index is 0.0888. The lowest BCUT2D eigenvalue weighted by molar-refractivity contribution is -0.161. The molecule has 0 aliphatic rings. The molecule has 0 aliphatic heterocycles. The second kappa shape index (κ2) is 9.93. The van der Waals surface area contributed by atoms with Crippen molar-refractivity contribution in [3.63, 3.8) is 0 Å². The molecule has 0 spiro atoms. The largest absolute Gasteiger partial charge is 0.417 e. The van der Waals surface area contributed by atoms with Crippen LogP contribution in [0.1, 0.15) is 11.1 Å². The van der Waals surface area contributed by atoms with Crippen molar-refractivity contribution in [3.05, 3.63) is 59.7 Å². The van der Waals surface area contributed by atoms with Crippen LogP contribution in [0.2, 0.25) is 0 Å². The highest BCUT2D eigenvalue weighted by Gasteiger charge is 2.44. The minimum Gasteiger partial charge on any atom is -0.222 e. The van der Waals surface area contributed by atoms with E-state index in [1.807, 2.05) is 0 Å². The molecule has 0 aromatic heterocycles. The summed E-state index contributed by atoms with van der Waals surface area (Å²) in [6.45, 7) is 0. The van der Waals surface area contributed by atoms with Crippen molar-refractivity contribution in [2.75, 3.05) is 0 Å². The zero-order valence-electron chi connectivity index (χ0n) is 12.7. The Kier molecular flexibility index (Phi) is 8.70. The van der Waals surface area contributed by atoms with Crippen molar-refractivity contribution < 1.29 is 35.9 Å². The van der Waals surface area contributed by atoms with E-state index >= 15 is 0 Å². The Balaban J connectivity index is 0.000000918. The smallest absolute Gasteiger partial charge is 0.222 e. The fraction of sp³-hybridized carbons (Fsp3) is 0.125. The molecule has 0 amide bonds. The maximum Gasteiger partial charge on any atom is 0.417 e. The van der Waals surface area contributed by atoms with Crippen LogP contribution >= 0.6 is 0 Å². The summed E-state index contributed by atoms with van der Waals surface area (Å²) in [5.41, 5.74) is -3.72. The van der Waals surface area contributed by atoms with E-state index in [9.17, 15) is 26.3 Å². The van der Waals surface area contributed by atoms with Crippen LogP contribution in [-0.2, 0) is 21.9 Å². The Morgan fingerprint density at radius 1 is 0.692 bits per heavy atom. The van der Waals surface area contributed by atoms with Gasteiger partial charge in [0, 0.05) is 0 Å². The molecule has 0 unspecified atom stereocenters. The lowest BCUT2D eigenvalue weighted by atomic mass is 9.94. The number of alkyl halides is 6. The quantitative estimate of drug-likeness (QED) is 0.408. The molecule has 0 saturated carbocycles. The first kappa shape index (κ1) is 22.8. The Morgan fingerprint density at radius 3 is 1.54 bits per heavy atom. The van der Waals surface area contributed by atoms with E-state index in [-0.39, 0.29) is 5.56 Å². The first-order valence-corrected chi connectivity index (χ1v) is 6.45. The molecule has 2 rings (SSSR count). The molecule has 0 heterocycles. The molecule has 0 saturated heterocycles. The van der Waals surface area contributed by atoms with Gasteiger partial charge in [-0.3, -0.25) is 0 Å². The second-order valence-corrected chi connectivity index (χ2v) is 4.29. The number of halogens is 6. The molecule has 0 fully saturated rings. The molecule has 0 radical (unpaired) electrons. The predicted molar refractivity (Wildman–Crippen MR) is 78.7 cm³/mol. The number of benzene rings is 2. The third-order valence-corrected chi connectivity index (χ3v) is 2.74. The third-order valence-electron chi connectivity index (χ3n) is 2.74. The van der Waals surface area contributed by atoms with Gasteiger partial charge in [-0.1, -0.05) is 42.5 Å². The highest BCUT2D eigenvalue weighted by molar-refractivity contribution is 5.69. The monoisotopic (exact) mass is 376 g/mol. The summed E-state index contributed by atoms with van der Waals surface area (Å²) in [5, 5.41) is 10.8. The highest BCUT2D eigenvalue weighted by Crippen LogP contribution is 2.44. The Bertz CT molecular complexity index is 762. The predicted octanol–water partition coefficient (Wildman–Crippen LogP) is 5.19. The average molecular weight is 376 g/mol. The van der Waals surface area contributed by atoms with Crippen molar-refractivity contribution in [1.29, 1.82) is 10.8 Å². The zero-order valence-corrected chi connectivity index (χ0v) is 12.7. The molecule has 138 valence electrons. The van der Waals surface area contributed by atoms with Crippen molar-refractivity contribution in [3.8, 4) is 11.1 Å². The maximum absolute atomic E-state index is 13.0. The summed E-state index contributed by atoms with van der Waals surface area (Å²) in [7, 11) is 0.